The van der Waals surface area contributed by atoms with Crippen LogP contribution in [-0.4, -0.2) is 35.1 Å². The molecule has 0 spiro atoms. The molecule has 1 N–H and O–H groups in total. The van der Waals surface area contributed by atoms with Gasteiger partial charge in [-0.1, -0.05) is 61.9 Å². The van der Waals surface area contributed by atoms with Gasteiger partial charge in [-0.15, -0.1) is 11.8 Å². The summed E-state index contributed by atoms with van der Waals surface area (Å²) in [5.41, 5.74) is 2.22. The minimum atomic E-state index is -0.447. The molecule has 4 nitrogen and oxygen atoms in total. The normalized spacial score (nSPS) is 11.7. The van der Waals surface area contributed by atoms with E-state index in [1.807, 2.05) is 75.4 Å². The molecule has 0 aliphatic rings. The zero-order valence-corrected chi connectivity index (χ0v) is 18.5. The van der Waals surface area contributed by atoms with E-state index in [9.17, 15) is 9.59 Å². The van der Waals surface area contributed by atoms with Gasteiger partial charge >= 0.3 is 0 Å². The number of carbonyl (C=O) groups is 2. The standard InChI is InChI=1S/C24H32N2O2S/c1-4-16-25-24(28)22(5-2)26(18-20-13-11-19(3)12-14-20)23(27)15-17-29-21-9-7-6-8-10-21/h6-14,22H,4-5,15-18H2,1-3H3,(H,25,28)/t22-/m1/s1. The third-order valence-electron chi connectivity index (χ3n) is 4.74. The van der Waals surface area contributed by atoms with Crippen molar-refractivity contribution >= 4 is 23.6 Å². The van der Waals surface area contributed by atoms with Gasteiger partial charge in [-0.2, -0.15) is 0 Å². The second kappa shape index (κ2) is 12.3. The van der Waals surface area contributed by atoms with Crippen molar-refractivity contribution in [1.82, 2.24) is 10.2 Å². The van der Waals surface area contributed by atoms with Crippen molar-refractivity contribution in [3.63, 3.8) is 0 Å². The van der Waals surface area contributed by atoms with E-state index in [-0.39, 0.29) is 11.8 Å². The fourth-order valence-electron chi connectivity index (χ4n) is 3.09. The molecule has 0 aliphatic carbocycles. The van der Waals surface area contributed by atoms with Crippen LogP contribution in [0, 0.1) is 6.92 Å². The van der Waals surface area contributed by atoms with Gasteiger partial charge in [0.2, 0.25) is 11.8 Å². The monoisotopic (exact) mass is 412 g/mol. The SMILES string of the molecule is CCCNC(=O)[C@@H](CC)N(Cc1ccc(C)cc1)C(=O)CCSc1ccccc1. The van der Waals surface area contributed by atoms with Gasteiger partial charge in [-0.3, -0.25) is 9.59 Å². The van der Waals surface area contributed by atoms with E-state index in [1.165, 1.54) is 5.56 Å². The molecule has 0 fully saturated rings. The maximum atomic E-state index is 13.1. The van der Waals surface area contributed by atoms with Gasteiger partial charge < -0.3 is 10.2 Å². The van der Waals surface area contributed by atoms with Crippen LogP contribution in [0.5, 0.6) is 0 Å². The minimum absolute atomic E-state index is 0.0208. The molecule has 2 rings (SSSR count). The third-order valence-corrected chi connectivity index (χ3v) is 5.75. The molecule has 156 valence electrons. The minimum Gasteiger partial charge on any atom is -0.354 e. The summed E-state index contributed by atoms with van der Waals surface area (Å²) in [7, 11) is 0. The predicted octanol–water partition coefficient (Wildman–Crippen LogP) is 4.81. The number of nitrogens with zero attached hydrogens (tertiary/aromatic N) is 1. The van der Waals surface area contributed by atoms with Gasteiger partial charge in [0.15, 0.2) is 0 Å². The van der Waals surface area contributed by atoms with Crippen LogP contribution in [0.25, 0.3) is 0 Å². The average molecular weight is 413 g/mol. The highest BCUT2D eigenvalue weighted by Gasteiger charge is 2.28. The molecule has 0 radical (unpaired) electrons. The van der Waals surface area contributed by atoms with Crippen molar-refractivity contribution in [2.75, 3.05) is 12.3 Å². The first-order valence-corrected chi connectivity index (χ1v) is 11.3. The van der Waals surface area contributed by atoms with E-state index in [0.717, 1.165) is 16.9 Å². The average Bonchev–Trinajstić information content (AvgIpc) is 2.74. The molecule has 2 aromatic carbocycles. The van der Waals surface area contributed by atoms with Gasteiger partial charge in [-0.25, -0.2) is 0 Å². The van der Waals surface area contributed by atoms with Crippen LogP contribution < -0.4 is 5.32 Å². The number of rotatable bonds is 11. The summed E-state index contributed by atoms with van der Waals surface area (Å²) >= 11 is 1.67. The molecule has 0 saturated heterocycles. The molecular formula is C24H32N2O2S. The number of nitrogens with one attached hydrogen (secondary N) is 1. The molecule has 0 aliphatic heterocycles. The summed E-state index contributed by atoms with van der Waals surface area (Å²) in [6, 6.07) is 17.8. The molecule has 2 amide bonds. The zero-order chi connectivity index (χ0) is 21.1. The molecule has 0 aromatic heterocycles. The Hall–Kier alpha value is -2.27. The van der Waals surface area contributed by atoms with Crippen molar-refractivity contribution in [1.29, 1.82) is 0 Å². The van der Waals surface area contributed by atoms with Crippen LogP contribution in [0.3, 0.4) is 0 Å². The molecule has 0 unspecified atom stereocenters. The lowest BCUT2D eigenvalue weighted by Crippen LogP contribution is -2.49. The quantitative estimate of drug-likeness (QED) is 0.539. The Balaban J connectivity index is 2.09. The van der Waals surface area contributed by atoms with Crippen LogP contribution >= 0.6 is 11.8 Å². The lowest BCUT2D eigenvalue weighted by molar-refractivity contribution is -0.141. The predicted molar refractivity (Wildman–Crippen MR) is 121 cm³/mol. The Labute approximate surface area is 179 Å². The summed E-state index contributed by atoms with van der Waals surface area (Å²) in [5, 5.41) is 2.96. The highest BCUT2D eigenvalue weighted by molar-refractivity contribution is 7.99. The summed E-state index contributed by atoms with van der Waals surface area (Å²) < 4.78 is 0. The first-order valence-electron chi connectivity index (χ1n) is 10.4. The van der Waals surface area contributed by atoms with Crippen molar-refractivity contribution in [2.45, 2.75) is 57.5 Å². The Kier molecular flexibility index (Phi) is 9.78. The molecule has 29 heavy (non-hydrogen) atoms. The van der Waals surface area contributed by atoms with Crippen LogP contribution in [-0.2, 0) is 16.1 Å². The van der Waals surface area contributed by atoms with Gasteiger partial charge in [-0.05, 0) is 37.5 Å². The first kappa shape index (κ1) is 23.0. The second-order valence-corrected chi connectivity index (χ2v) is 8.30. The van der Waals surface area contributed by atoms with E-state index < -0.39 is 6.04 Å². The van der Waals surface area contributed by atoms with Gasteiger partial charge in [0.1, 0.15) is 6.04 Å². The van der Waals surface area contributed by atoms with Crippen molar-refractivity contribution in [3.8, 4) is 0 Å². The van der Waals surface area contributed by atoms with E-state index in [4.69, 9.17) is 0 Å². The van der Waals surface area contributed by atoms with E-state index in [2.05, 4.69) is 5.32 Å². The largest absolute Gasteiger partial charge is 0.354 e. The van der Waals surface area contributed by atoms with Crippen LogP contribution in [0.1, 0.15) is 44.2 Å². The molecule has 2 aromatic rings. The Morgan fingerprint density at radius 3 is 2.34 bits per heavy atom. The Bertz CT molecular complexity index is 762. The Morgan fingerprint density at radius 1 is 1.03 bits per heavy atom. The summed E-state index contributed by atoms with van der Waals surface area (Å²) in [5.74, 6) is 0.651. The third kappa shape index (κ3) is 7.58. The number of thioether (sulfide) groups is 1. The number of aryl methyl sites for hydroxylation is 1. The fourth-order valence-corrected chi connectivity index (χ4v) is 3.95. The summed E-state index contributed by atoms with van der Waals surface area (Å²) in [4.78, 5) is 28.7. The maximum absolute atomic E-state index is 13.1. The first-order chi connectivity index (χ1) is 14.0. The van der Waals surface area contributed by atoms with E-state index in [0.29, 0.717) is 31.7 Å². The summed E-state index contributed by atoms with van der Waals surface area (Å²) in [6.07, 6.45) is 1.88. The molecule has 0 heterocycles. The smallest absolute Gasteiger partial charge is 0.242 e. The van der Waals surface area contributed by atoms with Gasteiger partial charge in [0.25, 0.3) is 0 Å². The van der Waals surface area contributed by atoms with Crippen molar-refractivity contribution in [3.05, 3.63) is 65.7 Å². The molecule has 1 atom stereocenters. The highest BCUT2D eigenvalue weighted by atomic mass is 32.2. The Morgan fingerprint density at radius 2 is 1.72 bits per heavy atom. The highest BCUT2D eigenvalue weighted by Crippen LogP contribution is 2.20. The van der Waals surface area contributed by atoms with Crippen LogP contribution in [0.4, 0.5) is 0 Å². The van der Waals surface area contributed by atoms with Gasteiger partial charge in [0.05, 0.1) is 0 Å². The van der Waals surface area contributed by atoms with Crippen molar-refractivity contribution in [2.24, 2.45) is 0 Å². The lowest BCUT2D eigenvalue weighted by Gasteiger charge is -2.30. The van der Waals surface area contributed by atoms with Crippen LogP contribution in [0.15, 0.2) is 59.5 Å². The van der Waals surface area contributed by atoms with E-state index >= 15 is 0 Å². The summed E-state index contributed by atoms with van der Waals surface area (Å²) in [6.45, 7) is 7.11. The maximum Gasteiger partial charge on any atom is 0.242 e. The number of amides is 2. The zero-order valence-electron chi connectivity index (χ0n) is 17.7. The topological polar surface area (TPSA) is 49.4 Å². The molecular weight excluding hydrogens is 380 g/mol. The number of carbonyl (C=O) groups excluding carboxylic acids is 2. The second-order valence-electron chi connectivity index (χ2n) is 7.13. The van der Waals surface area contributed by atoms with Gasteiger partial charge in [0, 0.05) is 30.2 Å². The van der Waals surface area contributed by atoms with Crippen LogP contribution in [0.2, 0.25) is 0 Å². The molecule has 0 bridgehead atoms. The number of hydrogen-bond acceptors (Lipinski definition) is 3. The van der Waals surface area contributed by atoms with E-state index in [1.54, 1.807) is 16.7 Å². The lowest BCUT2D eigenvalue weighted by atomic mass is 10.1. The molecule has 0 saturated carbocycles. The molecule has 5 heteroatoms. The van der Waals surface area contributed by atoms with Crippen molar-refractivity contribution < 1.29 is 9.59 Å². The fraction of sp³-hybridized carbons (Fsp3) is 0.417. The number of hydrogen-bond donors (Lipinski definition) is 1. The number of benzene rings is 2.